The van der Waals surface area contributed by atoms with Crippen molar-refractivity contribution in [2.45, 2.75) is 89.5 Å². The van der Waals surface area contributed by atoms with E-state index in [1.807, 2.05) is 82.2 Å². The third kappa shape index (κ3) is 12.0. The molecule has 5 aromatic carbocycles. The maximum absolute atomic E-state index is 3.45. The van der Waals surface area contributed by atoms with E-state index in [1.54, 1.807) is 0 Å². The molecule has 5 aromatic rings. The molecule has 0 aliphatic carbocycles. The average molecular weight is 665 g/mol. The summed E-state index contributed by atoms with van der Waals surface area (Å²) in [6, 6.07) is 37.8. The minimum atomic E-state index is 0. The van der Waals surface area contributed by atoms with E-state index in [-0.39, 0.29) is 32.7 Å². The van der Waals surface area contributed by atoms with E-state index < -0.39 is 0 Å². The molecule has 0 saturated heterocycles. The first-order valence-corrected chi connectivity index (χ1v) is 16.6. The fourth-order valence-corrected chi connectivity index (χ4v) is 4.69. The van der Waals surface area contributed by atoms with E-state index in [9.17, 15) is 0 Å². The molecule has 2 heteroatoms. The molecule has 1 nitrogen and oxygen atoms in total. The molecule has 1 heterocycles. The Hall–Kier alpha value is -2.74. The Labute approximate surface area is 296 Å². The van der Waals surface area contributed by atoms with E-state index in [4.69, 9.17) is 0 Å². The molecule has 235 valence electrons. The molecule has 0 aromatic heterocycles. The second kappa shape index (κ2) is 26.6. The second-order valence-electron chi connectivity index (χ2n) is 8.28. The molecule has 0 N–H and O–H groups in total. The van der Waals surface area contributed by atoms with Gasteiger partial charge in [0.1, 0.15) is 0 Å². The van der Waals surface area contributed by atoms with E-state index in [0.717, 1.165) is 18.5 Å². The molecule has 0 spiro atoms. The van der Waals surface area contributed by atoms with Gasteiger partial charge in [-0.1, -0.05) is 158 Å². The van der Waals surface area contributed by atoms with E-state index in [0.29, 0.717) is 0 Å². The number of rotatable bonds is 2. The van der Waals surface area contributed by atoms with Crippen molar-refractivity contribution in [2.75, 3.05) is 11.4 Å². The normalized spacial score (nSPS) is 9.95. The number of benzene rings is 5. The monoisotopic (exact) mass is 664 g/mol. The predicted molar refractivity (Wildman–Crippen MR) is 199 cm³/mol. The molecular weight excluding hydrogens is 607 g/mol. The molecule has 44 heavy (non-hydrogen) atoms. The second-order valence-corrected chi connectivity index (χ2v) is 8.28. The largest absolute Gasteiger partial charge is 0.341 e. The third-order valence-corrected chi connectivity index (χ3v) is 6.23. The summed E-state index contributed by atoms with van der Waals surface area (Å²) in [6.07, 6.45) is 6.06. The summed E-state index contributed by atoms with van der Waals surface area (Å²) in [6.45, 7) is 25.1. The van der Waals surface area contributed by atoms with Crippen LogP contribution in [0, 0.1) is 12.1 Å². The number of hydrogen-bond acceptors (Lipinski definition) is 1. The number of fused-ring (bicyclic) bond motifs is 5. The van der Waals surface area contributed by atoms with Gasteiger partial charge in [-0.25, -0.2) is 12.1 Å². The van der Waals surface area contributed by atoms with Gasteiger partial charge in [-0.15, -0.1) is 18.4 Å². The van der Waals surface area contributed by atoms with E-state index in [1.165, 1.54) is 44.0 Å². The number of anilines is 2. The molecule has 1 aliphatic rings. The number of allylic oxidation sites excluding steroid dienone is 1. The molecule has 0 amide bonds. The molecule has 0 saturated carbocycles. The van der Waals surface area contributed by atoms with Crippen LogP contribution in [-0.4, -0.2) is 6.54 Å². The van der Waals surface area contributed by atoms with Crippen molar-refractivity contribution in [2.24, 2.45) is 0 Å². The van der Waals surface area contributed by atoms with E-state index >= 15 is 0 Å². The van der Waals surface area contributed by atoms with Crippen molar-refractivity contribution < 1.29 is 32.7 Å². The molecule has 0 bridgehead atoms. The van der Waals surface area contributed by atoms with Gasteiger partial charge in [0.15, 0.2) is 0 Å². The third-order valence-electron chi connectivity index (χ3n) is 6.23. The van der Waals surface area contributed by atoms with Gasteiger partial charge in [0.05, 0.1) is 0 Å². The summed E-state index contributed by atoms with van der Waals surface area (Å²) in [5, 5.41) is 4.94. The minimum absolute atomic E-state index is 0. The van der Waals surface area contributed by atoms with Crippen molar-refractivity contribution in [3.05, 3.63) is 126 Å². The van der Waals surface area contributed by atoms with Crippen LogP contribution in [0.2, 0.25) is 0 Å². The van der Waals surface area contributed by atoms with Gasteiger partial charge in [-0.3, -0.25) is 11.6 Å². The molecule has 0 fully saturated rings. The summed E-state index contributed by atoms with van der Waals surface area (Å²) in [5.41, 5.74) is 6.68. The molecule has 6 rings (SSSR count). The first kappa shape index (κ1) is 43.4. The Bertz CT molecular complexity index is 1410. The zero-order valence-corrected chi connectivity index (χ0v) is 32.6. The fourth-order valence-electron chi connectivity index (χ4n) is 4.69. The molecule has 1 radical (unpaired) electrons. The molecule has 1 aliphatic heterocycles. The predicted octanol–water partition coefficient (Wildman–Crippen LogP) is 13.5. The summed E-state index contributed by atoms with van der Waals surface area (Å²) in [4.78, 5) is 2.40. The van der Waals surface area contributed by atoms with Gasteiger partial charge in [0.2, 0.25) is 0 Å². The Kier molecular flexibility index (Phi) is 26.3. The number of para-hydroxylation sites is 2. The Balaban J connectivity index is 0. The summed E-state index contributed by atoms with van der Waals surface area (Å²) < 4.78 is 0. The Morgan fingerprint density at radius 2 is 1.07 bits per heavy atom. The van der Waals surface area contributed by atoms with Gasteiger partial charge in [0.25, 0.3) is 0 Å². The average Bonchev–Trinajstić information content (AvgIpc) is 3.12. The van der Waals surface area contributed by atoms with Crippen LogP contribution in [0.5, 0.6) is 0 Å². The summed E-state index contributed by atoms with van der Waals surface area (Å²) in [5.74, 6) is 0. The first-order valence-electron chi connectivity index (χ1n) is 16.6. The number of nitrogens with zero attached hydrogens (tertiary/aromatic N) is 1. The van der Waals surface area contributed by atoms with Crippen LogP contribution in [0.25, 0.3) is 27.6 Å². The zero-order chi connectivity index (χ0) is 32.6. The Morgan fingerprint density at radius 3 is 1.59 bits per heavy atom. The van der Waals surface area contributed by atoms with Gasteiger partial charge < -0.3 is 11.0 Å². The maximum atomic E-state index is 3.45. The van der Waals surface area contributed by atoms with Gasteiger partial charge in [-0.05, 0) is 30.2 Å². The van der Waals surface area contributed by atoms with Crippen LogP contribution in [0.1, 0.15) is 99.8 Å². The van der Waals surface area contributed by atoms with Crippen molar-refractivity contribution in [3.63, 3.8) is 0 Å². The van der Waals surface area contributed by atoms with E-state index in [2.05, 4.69) is 121 Å². The van der Waals surface area contributed by atoms with Gasteiger partial charge in [0, 0.05) is 57.0 Å². The SMILES string of the molecule is CC.CC.CC.CC.CC.CCN1c2ccccc2Cc2ccccc21.C[C-]=Cc1[c-]c2c(cc1)ccc1ccccc12.[Y]. The molecule has 0 atom stereocenters. The maximum Gasteiger partial charge on any atom is 0.0446 e. The van der Waals surface area contributed by atoms with Crippen molar-refractivity contribution >= 4 is 39.0 Å². The van der Waals surface area contributed by atoms with Crippen LogP contribution >= 0.6 is 0 Å². The number of hydrogen-bond donors (Lipinski definition) is 0. The van der Waals surface area contributed by atoms with Crippen LogP contribution in [0.15, 0.2) is 97.1 Å². The zero-order valence-electron chi connectivity index (χ0n) is 29.8. The molecular formula is C42H57NY-2. The smallest absolute Gasteiger partial charge is 0.0446 e. The minimum Gasteiger partial charge on any atom is -0.341 e. The van der Waals surface area contributed by atoms with Crippen molar-refractivity contribution in [3.8, 4) is 0 Å². The molecule has 0 unspecified atom stereocenters. The summed E-state index contributed by atoms with van der Waals surface area (Å²) >= 11 is 0. The van der Waals surface area contributed by atoms with Crippen LogP contribution in [-0.2, 0) is 39.1 Å². The van der Waals surface area contributed by atoms with Crippen LogP contribution in [0.4, 0.5) is 11.4 Å². The van der Waals surface area contributed by atoms with Crippen molar-refractivity contribution in [1.82, 2.24) is 0 Å². The van der Waals surface area contributed by atoms with Crippen molar-refractivity contribution in [1.29, 1.82) is 0 Å². The fraction of sp³-hybridized carbons (Fsp3) is 0.333. The standard InChI is InChI=1S/C17H12.C15H15N.5C2H6.Y/c1-2-5-13-8-9-15-11-10-14-6-3-4-7-16(14)17(15)12-13;1-2-16-14-9-5-3-7-12(14)11-13-8-4-6-10-15(13)16;5*1-2;/h3-11H,1H3;3-10H,2,11H2,1H3;5*1-2H3;/q-2;;;;;;;. The summed E-state index contributed by atoms with van der Waals surface area (Å²) in [7, 11) is 0. The first-order chi connectivity index (χ1) is 21.3. The van der Waals surface area contributed by atoms with Crippen LogP contribution in [0.3, 0.4) is 0 Å². The Morgan fingerprint density at radius 1 is 0.614 bits per heavy atom. The van der Waals surface area contributed by atoms with Gasteiger partial charge in [-0.2, -0.15) is 0 Å². The van der Waals surface area contributed by atoms with Gasteiger partial charge >= 0.3 is 0 Å². The quantitative estimate of drug-likeness (QED) is 0.134. The van der Waals surface area contributed by atoms with Crippen LogP contribution < -0.4 is 4.90 Å². The topological polar surface area (TPSA) is 3.24 Å².